The molecule has 0 radical (unpaired) electrons. The van der Waals surface area contributed by atoms with Crippen molar-refractivity contribution in [3.05, 3.63) is 70.3 Å². The van der Waals surface area contributed by atoms with E-state index in [1.165, 1.54) is 17.0 Å². The minimum atomic E-state index is -0.863. The molecule has 1 aliphatic rings. The zero-order valence-electron chi connectivity index (χ0n) is 13.6. The molecule has 1 amide bonds. The maximum Gasteiger partial charge on any atom is 0.295 e. The molecule has 2 aromatic carbocycles. The summed E-state index contributed by atoms with van der Waals surface area (Å²) in [7, 11) is 0. The van der Waals surface area contributed by atoms with Gasteiger partial charge in [0.05, 0.1) is 18.2 Å². The zero-order chi connectivity index (χ0) is 18.8. The van der Waals surface area contributed by atoms with Crippen LogP contribution in [0.1, 0.15) is 17.2 Å². The van der Waals surface area contributed by atoms with Crippen molar-refractivity contribution in [1.82, 2.24) is 4.90 Å². The van der Waals surface area contributed by atoms with E-state index in [9.17, 15) is 24.9 Å². The molecule has 1 aliphatic heterocycles. The second kappa shape index (κ2) is 7.19. The lowest BCUT2D eigenvalue weighted by Gasteiger charge is -2.24. The quantitative estimate of drug-likeness (QED) is 0.434. The standard InChI is InChI=1S/C19H16ClNO5/c20-13-5-1-12(2-6-13)17(24)15-16(11-3-7-14(23)8-4-11)21(9-10-22)19(26)18(15)25/h1-8,16,22-24H,9-10H2. The van der Waals surface area contributed by atoms with Crippen molar-refractivity contribution in [3.63, 3.8) is 0 Å². The average Bonchev–Trinajstić information content (AvgIpc) is 2.88. The molecule has 1 saturated heterocycles. The topological polar surface area (TPSA) is 98.1 Å². The van der Waals surface area contributed by atoms with E-state index in [1.54, 1.807) is 36.4 Å². The van der Waals surface area contributed by atoms with E-state index in [4.69, 9.17) is 11.6 Å². The number of benzene rings is 2. The molecule has 26 heavy (non-hydrogen) atoms. The van der Waals surface area contributed by atoms with Gasteiger partial charge in [0.25, 0.3) is 11.7 Å². The number of β-amino-alcohol motifs (C(OH)–C–C–N with tert-alkyl or cyclic N) is 1. The van der Waals surface area contributed by atoms with E-state index in [1.807, 2.05) is 0 Å². The monoisotopic (exact) mass is 373 g/mol. The number of hydrogen-bond donors (Lipinski definition) is 3. The van der Waals surface area contributed by atoms with Crippen LogP contribution in [0.15, 0.2) is 54.1 Å². The number of hydrogen-bond acceptors (Lipinski definition) is 5. The Morgan fingerprint density at radius 3 is 2.23 bits per heavy atom. The fraction of sp³-hybridized carbons (Fsp3) is 0.158. The molecule has 3 N–H and O–H groups in total. The largest absolute Gasteiger partial charge is 0.508 e. The highest BCUT2D eigenvalue weighted by Crippen LogP contribution is 2.39. The lowest BCUT2D eigenvalue weighted by molar-refractivity contribution is -0.140. The van der Waals surface area contributed by atoms with Gasteiger partial charge in [0, 0.05) is 17.1 Å². The molecule has 7 heteroatoms. The summed E-state index contributed by atoms with van der Waals surface area (Å²) < 4.78 is 0. The Hall–Kier alpha value is -2.83. The summed E-state index contributed by atoms with van der Waals surface area (Å²) in [5, 5.41) is 29.9. The minimum Gasteiger partial charge on any atom is -0.508 e. The Morgan fingerprint density at radius 2 is 1.65 bits per heavy atom. The summed E-state index contributed by atoms with van der Waals surface area (Å²) in [5.74, 6) is -1.92. The van der Waals surface area contributed by atoms with Crippen molar-refractivity contribution in [2.75, 3.05) is 13.2 Å². The van der Waals surface area contributed by atoms with Crippen molar-refractivity contribution >= 4 is 29.1 Å². The molecule has 0 aromatic heterocycles. The Bertz CT molecular complexity index is 874. The zero-order valence-corrected chi connectivity index (χ0v) is 14.3. The lowest BCUT2D eigenvalue weighted by Crippen LogP contribution is -2.32. The van der Waals surface area contributed by atoms with Gasteiger partial charge in [0.15, 0.2) is 0 Å². The third-order valence-corrected chi connectivity index (χ3v) is 4.46. The van der Waals surface area contributed by atoms with Crippen LogP contribution in [0.3, 0.4) is 0 Å². The molecule has 0 bridgehead atoms. The molecule has 1 unspecified atom stereocenters. The Morgan fingerprint density at radius 1 is 1.04 bits per heavy atom. The normalized spacial score (nSPS) is 19.2. The highest BCUT2D eigenvalue weighted by Gasteiger charge is 2.45. The first-order chi connectivity index (χ1) is 12.4. The number of carbonyl (C=O) groups is 2. The summed E-state index contributed by atoms with van der Waals surface area (Å²) in [4.78, 5) is 26.2. The number of rotatable bonds is 4. The molecule has 3 rings (SSSR count). The molecule has 0 spiro atoms. The number of Topliss-reactive ketones (excluding diaryl/α,β-unsaturated/α-hetero) is 1. The smallest absolute Gasteiger partial charge is 0.295 e. The summed E-state index contributed by atoms with van der Waals surface area (Å²) in [6.07, 6.45) is 0. The number of likely N-dealkylation sites (tertiary alicyclic amines) is 1. The van der Waals surface area contributed by atoms with Gasteiger partial charge in [-0.3, -0.25) is 9.59 Å². The molecule has 0 saturated carbocycles. The van der Waals surface area contributed by atoms with Crippen LogP contribution < -0.4 is 0 Å². The first-order valence-corrected chi connectivity index (χ1v) is 8.26. The van der Waals surface area contributed by atoms with E-state index < -0.39 is 17.7 Å². The van der Waals surface area contributed by atoms with Gasteiger partial charge in [-0.25, -0.2) is 0 Å². The summed E-state index contributed by atoms with van der Waals surface area (Å²) in [5.41, 5.74) is 0.808. The fourth-order valence-electron chi connectivity index (χ4n) is 2.98. The van der Waals surface area contributed by atoms with Gasteiger partial charge in [-0.2, -0.15) is 0 Å². The number of phenolic OH excluding ortho intramolecular Hbond substituents is 1. The van der Waals surface area contributed by atoms with Gasteiger partial charge in [-0.05, 0) is 42.0 Å². The van der Waals surface area contributed by atoms with Crippen molar-refractivity contribution in [2.45, 2.75) is 6.04 Å². The number of aliphatic hydroxyl groups excluding tert-OH is 2. The Balaban J connectivity index is 2.17. The van der Waals surface area contributed by atoms with Gasteiger partial charge in [-0.15, -0.1) is 0 Å². The van der Waals surface area contributed by atoms with Crippen LogP contribution >= 0.6 is 11.6 Å². The number of phenols is 1. The van der Waals surface area contributed by atoms with Gasteiger partial charge in [-0.1, -0.05) is 23.7 Å². The first kappa shape index (κ1) is 18.0. The van der Waals surface area contributed by atoms with Crippen molar-refractivity contribution in [2.24, 2.45) is 0 Å². The predicted molar refractivity (Wildman–Crippen MR) is 95.7 cm³/mol. The van der Waals surface area contributed by atoms with Gasteiger partial charge >= 0.3 is 0 Å². The third kappa shape index (κ3) is 3.16. The number of aliphatic hydroxyl groups is 2. The molecule has 0 aliphatic carbocycles. The maximum absolute atomic E-state index is 12.6. The van der Waals surface area contributed by atoms with E-state index in [2.05, 4.69) is 0 Å². The minimum absolute atomic E-state index is 0.0329. The SMILES string of the molecule is O=C1C(=O)N(CCO)C(c2ccc(O)cc2)C1=C(O)c1ccc(Cl)cc1. The van der Waals surface area contributed by atoms with Crippen LogP contribution in [-0.4, -0.2) is 45.1 Å². The molecule has 2 aromatic rings. The van der Waals surface area contributed by atoms with Crippen LogP contribution in [0, 0.1) is 0 Å². The van der Waals surface area contributed by atoms with E-state index in [0.717, 1.165) is 0 Å². The molecule has 1 fully saturated rings. The molecule has 1 atom stereocenters. The molecular formula is C19H16ClNO5. The van der Waals surface area contributed by atoms with Crippen LogP contribution in [0.4, 0.5) is 0 Å². The average molecular weight is 374 g/mol. The van der Waals surface area contributed by atoms with Crippen LogP contribution in [0.5, 0.6) is 5.75 Å². The third-order valence-electron chi connectivity index (χ3n) is 4.21. The van der Waals surface area contributed by atoms with Crippen molar-refractivity contribution in [3.8, 4) is 5.75 Å². The fourth-order valence-corrected chi connectivity index (χ4v) is 3.11. The highest BCUT2D eigenvalue weighted by atomic mass is 35.5. The van der Waals surface area contributed by atoms with Crippen LogP contribution in [-0.2, 0) is 9.59 Å². The molecule has 134 valence electrons. The molecule has 6 nitrogen and oxygen atoms in total. The number of aromatic hydroxyl groups is 1. The molecular weight excluding hydrogens is 358 g/mol. The Kier molecular flexibility index (Phi) is 4.97. The summed E-state index contributed by atoms with van der Waals surface area (Å²) in [6.45, 7) is -0.393. The van der Waals surface area contributed by atoms with Crippen LogP contribution in [0.25, 0.3) is 5.76 Å². The second-order valence-electron chi connectivity index (χ2n) is 5.81. The number of ketones is 1. The van der Waals surface area contributed by atoms with E-state index in [0.29, 0.717) is 16.1 Å². The molecule has 1 heterocycles. The number of halogens is 1. The number of amides is 1. The van der Waals surface area contributed by atoms with Crippen molar-refractivity contribution < 1.29 is 24.9 Å². The van der Waals surface area contributed by atoms with Crippen LogP contribution in [0.2, 0.25) is 5.02 Å². The van der Waals surface area contributed by atoms with Gasteiger partial charge in [0.2, 0.25) is 0 Å². The van der Waals surface area contributed by atoms with Gasteiger partial charge in [0.1, 0.15) is 11.5 Å². The van der Waals surface area contributed by atoms with Crippen molar-refractivity contribution in [1.29, 1.82) is 0 Å². The number of carbonyl (C=O) groups excluding carboxylic acids is 2. The predicted octanol–water partition coefficient (Wildman–Crippen LogP) is 2.46. The maximum atomic E-state index is 12.6. The lowest BCUT2D eigenvalue weighted by atomic mass is 9.95. The van der Waals surface area contributed by atoms with E-state index >= 15 is 0 Å². The summed E-state index contributed by atoms with van der Waals surface area (Å²) >= 11 is 5.85. The highest BCUT2D eigenvalue weighted by molar-refractivity contribution is 6.46. The second-order valence-corrected chi connectivity index (χ2v) is 6.25. The number of nitrogens with zero attached hydrogens (tertiary/aromatic N) is 1. The first-order valence-electron chi connectivity index (χ1n) is 7.88. The van der Waals surface area contributed by atoms with E-state index in [-0.39, 0.29) is 30.2 Å². The Labute approximate surface area is 154 Å². The summed E-state index contributed by atoms with van der Waals surface area (Å²) in [6, 6.07) is 11.3. The van der Waals surface area contributed by atoms with Gasteiger partial charge < -0.3 is 20.2 Å².